The number of hydrogen-bond acceptors (Lipinski definition) is 3. The van der Waals surface area contributed by atoms with Gasteiger partial charge in [0.1, 0.15) is 0 Å². The van der Waals surface area contributed by atoms with Crippen LogP contribution in [0.15, 0.2) is 23.8 Å². The van der Waals surface area contributed by atoms with Crippen LogP contribution in [0.25, 0.3) is 0 Å². The van der Waals surface area contributed by atoms with E-state index in [2.05, 4.69) is 36.8 Å². The molecule has 1 unspecified atom stereocenters. The first kappa shape index (κ1) is 23.5. The van der Waals surface area contributed by atoms with Crippen molar-refractivity contribution in [2.45, 2.75) is 79.1 Å². The monoisotopic (exact) mass is 378 g/mol. The summed E-state index contributed by atoms with van der Waals surface area (Å²) in [5, 5.41) is 8.18. The molecule has 0 aromatic rings. The number of cyclic esters (lactones) is 1. The highest BCUT2D eigenvalue weighted by atomic mass is 16.5. The second-order valence-electron chi connectivity index (χ2n) is 7.86. The molecule has 1 heterocycles. The van der Waals surface area contributed by atoms with E-state index in [4.69, 9.17) is 5.11 Å². The zero-order valence-corrected chi connectivity index (χ0v) is 17.6. The Morgan fingerprint density at radius 3 is 2.48 bits per heavy atom. The van der Waals surface area contributed by atoms with Crippen LogP contribution in [0, 0.1) is 23.7 Å². The Balaban J connectivity index is 0.000000223. The number of carboxylic acids is 1. The van der Waals surface area contributed by atoms with Gasteiger partial charge in [0.25, 0.3) is 0 Å². The van der Waals surface area contributed by atoms with E-state index in [1.807, 2.05) is 6.92 Å². The van der Waals surface area contributed by atoms with Gasteiger partial charge in [0, 0.05) is 6.42 Å². The summed E-state index contributed by atoms with van der Waals surface area (Å²) in [7, 11) is 0. The number of carbonyl (C=O) groups is 2. The van der Waals surface area contributed by atoms with Gasteiger partial charge in [-0.15, -0.1) is 0 Å². The lowest BCUT2D eigenvalue weighted by Crippen LogP contribution is -2.26. The average molecular weight is 379 g/mol. The van der Waals surface area contributed by atoms with Crippen molar-refractivity contribution in [3.05, 3.63) is 23.8 Å². The summed E-state index contributed by atoms with van der Waals surface area (Å²) < 4.78 is 4.64. The first-order valence-corrected chi connectivity index (χ1v) is 10.7. The maximum Gasteiger partial charge on any atom is 0.306 e. The number of rotatable bonds is 3. The van der Waals surface area contributed by atoms with Gasteiger partial charge in [0.15, 0.2) is 0 Å². The lowest BCUT2D eigenvalue weighted by atomic mass is 9.69. The third-order valence-corrected chi connectivity index (χ3v) is 5.86. The van der Waals surface area contributed by atoms with Crippen LogP contribution in [-0.4, -0.2) is 23.7 Å². The van der Waals surface area contributed by atoms with Crippen molar-refractivity contribution >= 4 is 11.9 Å². The summed E-state index contributed by atoms with van der Waals surface area (Å²) in [5.41, 5.74) is 1.64. The Morgan fingerprint density at radius 2 is 2.04 bits per heavy atom. The fourth-order valence-electron chi connectivity index (χ4n) is 3.81. The second kappa shape index (κ2) is 12.7. The number of carboxylic acid groups (broad SMARTS) is 1. The average Bonchev–Trinajstić information content (AvgIpc) is 2.69. The molecule has 0 amide bonds. The van der Waals surface area contributed by atoms with E-state index in [0.717, 1.165) is 37.0 Å². The minimum atomic E-state index is -0.706. The summed E-state index contributed by atoms with van der Waals surface area (Å²) >= 11 is 0. The van der Waals surface area contributed by atoms with Crippen molar-refractivity contribution < 1.29 is 19.4 Å². The summed E-state index contributed by atoms with van der Waals surface area (Å²) in [4.78, 5) is 20.2. The van der Waals surface area contributed by atoms with Crippen LogP contribution in [0.2, 0.25) is 0 Å². The molecule has 4 nitrogen and oxygen atoms in total. The van der Waals surface area contributed by atoms with E-state index >= 15 is 0 Å². The largest absolute Gasteiger partial charge is 0.481 e. The summed E-state index contributed by atoms with van der Waals surface area (Å²) in [6.45, 7) is 8.91. The highest BCUT2D eigenvalue weighted by Crippen LogP contribution is 2.41. The van der Waals surface area contributed by atoms with Crippen LogP contribution >= 0.6 is 0 Å². The Kier molecular flexibility index (Phi) is 11.1. The quantitative estimate of drug-likeness (QED) is 0.633. The number of carbonyl (C=O) groups excluding carboxylic acids is 1. The molecule has 1 N–H and O–H groups in total. The van der Waals surface area contributed by atoms with Crippen LogP contribution in [0.1, 0.15) is 79.1 Å². The Hall–Kier alpha value is -1.58. The molecule has 0 aromatic carbocycles. The van der Waals surface area contributed by atoms with E-state index < -0.39 is 5.97 Å². The molecule has 0 saturated carbocycles. The SMILES string of the molecule is CC[C@@H]1C2CCCC=C2C=C[C@@H]1C.CC[C@H](C)C(=O)O.O=C1CCCCO1. The summed E-state index contributed by atoms with van der Waals surface area (Å²) in [6.07, 6.45) is 16.1. The van der Waals surface area contributed by atoms with Crippen molar-refractivity contribution in [3.8, 4) is 0 Å². The second-order valence-corrected chi connectivity index (χ2v) is 7.86. The molecular formula is C23H38O4. The molecule has 154 valence electrons. The molecule has 1 fully saturated rings. The summed E-state index contributed by atoms with van der Waals surface area (Å²) in [6, 6.07) is 0. The molecule has 27 heavy (non-hydrogen) atoms. The van der Waals surface area contributed by atoms with E-state index in [0.29, 0.717) is 13.0 Å². The van der Waals surface area contributed by atoms with Gasteiger partial charge in [-0.3, -0.25) is 9.59 Å². The van der Waals surface area contributed by atoms with Crippen LogP contribution in [0.4, 0.5) is 0 Å². The van der Waals surface area contributed by atoms with Crippen LogP contribution in [0.3, 0.4) is 0 Å². The molecule has 2 aliphatic carbocycles. The van der Waals surface area contributed by atoms with Crippen LogP contribution < -0.4 is 0 Å². The highest BCUT2D eigenvalue weighted by Gasteiger charge is 2.30. The van der Waals surface area contributed by atoms with Gasteiger partial charge >= 0.3 is 11.9 Å². The molecule has 0 radical (unpaired) electrons. The molecule has 3 rings (SSSR count). The summed E-state index contributed by atoms with van der Waals surface area (Å²) in [5.74, 6) is 1.68. The predicted octanol–water partition coefficient (Wildman–Crippen LogP) is 5.78. The van der Waals surface area contributed by atoms with E-state index in [-0.39, 0.29) is 11.9 Å². The molecule has 0 aromatic heterocycles. The van der Waals surface area contributed by atoms with Crippen molar-refractivity contribution in [3.63, 3.8) is 0 Å². The Bertz CT molecular complexity index is 510. The first-order valence-electron chi connectivity index (χ1n) is 10.7. The predicted molar refractivity (Wildman–Crippen MR) is 109 cm³/mol. The number of esters is 1. The van der Waals surface area contributed by atoms with Gasteiger partial charge < -0.3 is 9.84 Å². The molecular weight excluding hydrogens is 340 g/mol. The smallest absolute Gasteiger partial charge is 0.306 e. The first-order chi connectivity index (χ1) is 12.9. The lowest BCUT2D eigenvalue weighted by Gasteiger charge is -2.36. The number of fused-ring (bicyclic) bond motifs is 1. The number of ether oxygens (including phenoxy) is 1. The molecule has 0 spiro atoms. The van der Waals surface area contributed by atoms with Crippen LogP contribution in [-0.2, 0) is 14.3 Å². The molecule has 1 aliphatic heterocycles. The van der Waals surface area contributed by atoms with Gasteiger partial charge in [-0.25, -0.2) is 0 Å². The highest BCUT2D eigenvalue weighted by molar-refractivity contribution is 5.69. The van der Waals surface area contributed by atoms with Crippen LogP contribution in [0.5, 0.6) is 0 Å². The van der Waals surface area contributed by atoms with Crippen molar-refractivity contribution in [2.24, 2.45) is 23.7 Å². The number of aliphatic carboxylic acids is 1. The Labute approximate surface area is 165 Å². The molecule has 1 saturated heterocycles. The zero-order chi connectivity index (χ0) is 20.2. The lowest BCUT2D eigenvalue weighted by molar-refractivity contribution is -0.146. The van der Waals surface area contributed by atoms with E-state index in [1.165, 1.54) is 25.7 Å². The van der Waals surface area contributed by atoms with Gasteiger partial charge in [0.05, 0.1) is 12.5 Å². The fourth-order valence-corrected chi connectivity index (χ4v) is 3.81. The van der Waals surface area contributed by atoms with Gasteiger partial charge in [-0.1, -0.05) is 52.3 Å². The Morgan fingerprint density at radius 1 is 1.30 bits per heavy atom. The molecule has 4 heteroatoms. The number of hydrogen-bond donors (Lipinski definition) is 1. The van der Waals surface area contributed by atoms with Crippen molar-refractivity contribution in [1.82, 2.24) is 0 Å². The minimum absolute atomic E-state index is 0.0359. The van der Waals surface area contributed by atoms with Crippen molar-refractivity contribution in [2.75, 3.05) is 6.61 Å². The van der Waals surface area contributed by atoms with Gasteiger partial charge in [-0.2, -0.15) is 0 Å². The standard InChI is InChI=1S/C13H20.C5H8O2.C5H10O2/c1-3-12-10(2)8-9-11-6-4-5-7-13(11)12;6-5-3-1-2-4-7-5;1-3-4(2)5(6)7/h6,8-10,12-13H,3-5,7H2,1-2H3;1-4H2;4H,3H2,1-2H3,(H,6,7)/t10-,12-,13?;;4-/m0.0/s1. The third kappa shape index (κ3) is 8.32. The topological polar surface area (TPSA) is 63.6 Å². The van der Waals surface area contributed by atoms with E-state index in [9.17, 15) is 9.59 Å². The maximum absolute atomic E-state index is 10.2. The van der Waals surface area contributed by atoms with Gasteiger partial charge in [0.2, 0.25) is 0 Å². The molecule has 4 atom stereocenters. The zero-order valence-electron chi connectivity index (χ0n) is 17.6. The van der Waals surface area contributed by atoms with Gasteiger partial charge in [-0.05, 0) is 61.9 Å². The molecule has 3 aliphatic rings. The fraction of sp³-hybridized carbons (Fsp3) is 0.739. The number of allylic oxidation sites excluding steroid dienone is 4. The third-order valence-electron chi connectivity index (χ3n) is 5.86. The van der Waals surface area contributed by atoms with E-state index in [1.54, 1.807) is 12.5 Å². The normalized spacial score (nSPS) is 27.5. The minimum Gasteiger partial charge on any atom is -0.481 e. The maximum atomic E-state index is 10.2. The molecule has 0 bridgehead atoms. The van der Waals surface area contributed by atoms with Crippen molar-refractivity contribution in [1.29, 1.82) is 0 Å².